The molecule has 0 radical (unpaired) electrons. The van der Waals surface area contributed by atoms with Crippen molar-refractivity contribution in [1.29, 1.82) is 0 Å². The molecule has 0 N–H and O–H groups in total. The van der Waals surface area contributed by atoms with Crippen LogP contribution in [0.3, 0.4) is 0 Å². The molecule has 2 nitrogen and oxygen atoms in total. The first-order valence-electron chi connectivity index (χ1n) is 5.40. The monoisotopic (exact) mass is 192 g/mol. The van der Waals surface area contributed by atoms with Gasteiger partial charge in [0, 0.05) is 5.92 Å². The first-order chi connectivity index (χ1) is 6.56. The van der Waals surface area contributed by atoms with E-state index in [0.717, 1.165) is 17.8 Å². The fourth-order valence-electron chi connectivity index (χ4n) is 1.48. The highest BCUT2D eigenvalue weighted by Gasteiger charge is 2.10. The van der Waals surface area contributed by atoms with E-state index in [0.29, 0.717) is 11.8 Å². The van der Waals surface area contributed by atoms with E-state index in [2.05, 4.69) is 50.9 Å². The molecule has 1 heterocycles. The molecule has 0 aliphatic carbocycles. The summed E-state index contributed by atoms with van der Waals surface area (Å²) in [6, 6.07) is 2.17. The Balaban J connectivity index is 3.01. The van der Waals surface area contributed by atoms with Crippen molar-refractivity contribution in [3.8, 4) is 0 Å². The summed E-state index contributed by atoms with van der Waals surface area (Å²) in [6.45, 7) is 10.8. The van der Waals surface area contributed by atoms with Gasteiger partial charge in [0.05, 0.1) is 11.4 Å². The lowest BCUT2D eigenvalue weighted by Crippen LogP contribution is -2.05. The second-order valence-electron chi connectivity index (χ2n) is 4.30. The molecular formula is C12H20N2. The van der Waals surface area contributed by atoms with Crippen LogP contribution in [-0.4, -0.2) is 10.2 Å². The van der Waals surface area contributed by atoms with Gasteiger partial charge >= 0.3 is 0 Å². The molecule has 1 atom stereocenters. The summed E-state index contributed by atoms with van der Waals surface area (Å²) >= 11 is 0. The van der Waals surface area contributed by atoms with Crippen molar-refractivity contribution >= 4 is 0 Å². The van der Waals surface area contributed by atoms with Crippen LogP contribution in [0.4, 0.5) is 0 Å². The van der Waals surface area contributed by atoms with Crippen LogP contribution in [0.2, 0.25) is 0 Å². The largest absolute Gasteiger partial charge is 0.155 e. The quantitative estimate of drug-likeness (QED) is 0.733. The number of hydrogen-bond donors (Lipinski definition) is 0. The smallest absolute Gasteiger partial charge is 0.0688 e. The van der Waals surface area contributed by atoms with Crippen molar-refractivity contribution in [2.75, 3.05) is 0 Å². The van der Waals surface area contributed by atoms with Crippen molar-refractivity contribution < 1.29 is 0 Å². The first kappa shape index (κ1) is 11.2. The lowest BCUT2D eigenvalue weighted by atomic mass is 9.99. The maximum atomic E-state index is 4.32. The van der Waals surface area contributed by atoms with E-state index < -0.39 is 0 Å². The van der Waals surface area contributed by atoms with Gasteiger partial charge < -0.3 is 0 Å². The summed E-state index contributed by atoms with van der Waals surface area (Å²) in [6.07, 6.45) is 1.12. The van der Waals surface area contributed by atoms with E-state index in [-0.39, 0.29) is 0 Å². The summed E-state index contributed by atoms with van der Waals surface area (Å²) in [5, 5.41) is 8.58. The fourth-order valence-corrected chi connectivity index (χ4v) is 1.48. The van der Waals surface area contributed by atoms with Gasteiger partial charge in [-0.2, -0.15) is 10.2 Å². The van der Waals surface area contributed by atoms with Crippen LogP contribution in [0.25, 0.3) is 0 Å². The molecule has 1 unspecified atom stereocenters. The van der Waals surface area contributed by atoms with Crippen LogP contribution < -0.4 is 0 Å². The van der Waals surface area contributed by atoms with Crippen LogP contribution in [0, 0.1) is 6.92 Å². The van der Waals surface area contributed by atoms with Gasteiger partial charge in [0.1, 0.15) is 0 Å². The van der Waals surface area contributed by atoms with Crippen LogP contribution in [0.1, 0.15) is 62.9 Å². The molecule has 0 aliphatic rings. The minimum atomic E-state index is 0.465. The van der Waals surface area contributed by atoms with Gasteiger partial charge in [-0.1, -0.05) is 27.7 Å². The summed E-state index contributed by atoms with van der Waals surface area (Å²) in [7, 11) is 0. The van der Waals surface area contributed by atoms with Crippen LogP contribution in [0.5, 0.6) is 0 Å². The Hall–Kier alpha value is -0.920. The molecule has 0 amide bonds. The van der Waals surface area contributed by atoms with Crippen molar-refractivity contribution in [2.45, 2.75) is 52.9 Å². The van der Waals surface area contributed by atoms with Crippen molar-refractivity contribution in [1.82, 2.24) is 10.2 Å². The molecule has 2 heteroatoms. The van der Waals surface area contributed by atoms with Crippen LogP contribution in [0.15, 0.2) is 6.07 Å². The zero-order valence-corrected chi connectivity index (χ0v) is 9.83. The minimum Gasteiger partial charge on any atom is -0.155 e. The first-order valence-corrected chi connectivity index (χ1v) is 5.40. The summed E-state index contributed by atoms with van der Waals surface area (Å²) in [5.74, 6) is 0.982. The Morgan fingerprint density at radius 2 is 1.86 bits per heavy atom. The Morgan fingerprint density at radius 1 is 1.21 bits per heavy atom. The number of aryl methyl sites for hydroxylation is 1. The van der Waals surface area contributed by atoms with Crippen LogP contribution in [-0.2, 0) is 0 Å². The predicted octanol–water partition coefficient (Wildman–Crippen LogP) is 3.42. The van der Waals surface area contributed by atoms with E-state index in [1.54, 1.807) is 0 Å². The molecule has 1 aromatic rings. The van der Waals surface area contributed by atoms with Gasteiger partial charge in [0.2, 0.25) is 0 Å². The molecule has 0 saturated heterocycles. The highest BCUT2D eigenvalue weighted by atomic mass is 15.1. The molecule has 0 fully saturated rings. The zero-order valence-electron chi connectivity index (χ0n) is 9.83. The van der Waals surface area contributed by atoms with E-state index >= 15 is 0 Å². The highest BCUT2D eigenvalue weighted by molar-refractivity contribution is 5.23. The number of aromatic nitrogens is 2. The lowest BCUT2D eigenvalue weighted by molar-refractivity contribution is 0.667. The lowest BCUT2D eigenvalue weighted by Gasteiger charge is -2.12. The van der Waals surface area contributed by atoms with Gasteiger partial charge in [-0.05, 0) is 30.9 Å². The Morgan fingerprint density at radius 3 is 2.29 bits per heavy atom. The van der Waals surface area contributed by atoms with Gasteiger partial charge in [-0.3, -0.25) is 0 Å². The van der Waals surface area contributed by atoms with Gasteiger partial charge in [-0.25, -0.2) is 0 Å². The molecule has 1 rings (SSSR count). The number of nitrogens with zero attached hydrogens (tertiary/aromatic N) is 2. The maximum Gasteiger partial charge on any atom is 0.0688 e. The van der Waals surface area contributed by atoms with Gasteiger partial charge in [-0.15, -0.1) is 0 Å². The predicted molar refractivity (Wildman–Crippen MR) is 59.6 cm³/mol. The van der Waals surface area contributed by atoms with E-state index in [4.69, 9.17) is 0 Å². The summed E-state index contributed by atoms with van der Waals surface area (Å²) in [5.41, 5.74) is 3.52. The summed E-state index contributed by atoms with van der Waals surface area (Å²) in [4.78, 5) is 0. The van der Waals surface area contributed by atoms with Crippen molar-refractivity contribution in [3.63, 3.8) is 0 Å². The SMILES string of the molecule is CCC(C)c1nnc(C(C)C)cc1C. The third-order valence-electron chi connectivity index (χ3n) is 2.71. The number of hydrogen-bond acceptors (Lipinski definition) is 2. The maximum absolute atomic E-state index is 4.32. The molecule has 1 aromatic heterocycles. The van der Waals surface area contributed by atoms with Crippen molar-refractivity contribution in [2.24, 2.45) is 0 Å². The zero-order chi connectivity index (χ0) is 10.7. The third-order valence-corrected chi connectivity index (χ3v) is 2.71. The van der Waals surface area contributed by atoms with E-state index in [1.807, 2.05) is 0 Å². The standard InChI is InChI=1S/C12H20N2/c1-6-9(4)12-10(5)7-11(8(2)3)13-14-12/h7-9H,6H2,1-5H3. The highest BCUT2D eigenvalue weighted by Crippen LogP contribution is 2.21. The number of rotatable bonds is 3. The topological polar surface area (TPSA) is 25.8 Å². The molecular weight excluding hydrogens is 172 g/mol. The molecule has 78 valence electrons. The molecule has 0 bridgehead atoms. The molecule has 0 aromatic carbocycles. The normalized spacial score (nSPS) is 13.3. The average molecular weight is 192 g/mol. The average Bonchev–Trinajstić information content (AvgIpc) is 2.16. The van der Waals surface area contributed by atoms with Crippen molar-refractivity contribution in [3.05, 3.63) is 23.0 Å². The summed E-state index contributed by atoms with van der Waals surface area (Å²) < 4.78 is 0. The van der Waals surface area contributed by atoms with E-state index in [9.17, 15) is 0 Å². The van der Waals surface area contributed by atoms with Crippen LogP contribution >= 0.6 is 0 Å². The second kappa shape index (κ2) is 4.54. The second-order valence-corrected chi connectivity index (χ2v) is 4.30. The Labute approximate surface area is 86.8 Å². The third kappa shape index (κ3) is 2.31. The van der Waals surface area contributed by atoms with Gasteiger partial charge in [0.25, 0.3) is 0 Å². The van der Waals surface area contributed by atoms with Gasteiger partial charge in [0.15, 0.2) is 0 Å². The molecule has 0 spiro atoms. The minimum absolute atomic E-state index is 0.465. The Bertz CT molecular complexity index is 305. The fraction of sp³-hybridized carbons (Fsp3) is 0.667. The Kier molecular flexibility index (Phi) is 3.62. The van der Waals surface area contributed by atoms with E-state index in [1.165, 1.54) is 5.56 Å². The molecule has 0 saturated carbocycles. The molecule has 14 heavy (non-hydrogen) atoms. The molecule has 0 aliphatic heterocycles.